The Bertz CT molecular complexity index is 119. The standard InChI is InChI=1S/C11H23NO/c1-10(7-9-13-2)11-6-4-3-5-8-12-11/h10-12H,3-9H2,1-2H3. The van der Waals surface area contributed by atoms with Crippen molar-refractivity contribution in [3.8, 4) is 0 Å². The monoisotopic (exact) mass is 185 g/mol. The Hall–Kier alpha value is -0.0800. The summed E-state index contributed by atoms with van der Waals surface area (Å²) in [5, 5.41) is 3.63. The lowest BCUT2D eigenvalue weighted by Gasteiger charge is -2.23. The van der Waals surface area contributed by atoms with Crippen molar-refractivity contribution in [2.75, 3.05) is 20.3 Å². The number of hydrogen-bond donors (Lipinski definition) is 1. The van der Waals surface area contributed by atoms with Crippen molar-refractivity contribution in [1.82, 2.24) is 5.32 Å². The fraction of sp³-hybridized carbons (Fsp3) is 1.00. The molecule has 0 aromatic heterocycles. The highest BCUT2D eigenvalue weighted by molar-refractivity contribution is 4.75. The van der Waals surface area contributed by atoms with Gasteiger partial charge in [-0.05, 0) is 31.7 Å². The molecule has 1 N–H and O–H groups in total. The SMILES string of the molecule is COCCC(C)C1CCCCCN1. The van der Waals surface area contributed by atoms with Crippen LogP contribution in [0, 0.1) is 5.92 Å². The summed E-state index contributed by atoms with van der Waals surface area (Å²) in [5.41, 5.74) is 0. The Morgan fingerprint density at radius 2 is 2.23 bits per heavy atom. The lowest BCUT2D eigenvalue weighted by molar-refractivity contribution is 0.169. The third-order valence-electron chi connectivity index (χ3n) is 3.06. The molecular weight excluding hydrogens is 162 g/mol. The smallest absolute Gasteiger partial charge is 0.0465 e. The van der Waals surface area contributed by atoms with Crippen LogP contribution in [0.5, 0.6) is 0 Å². The van der Waals surface area contributed by atoms with E-state index in [1.807, 2.05) is 0 Å². The van der Waals surface area contributed by atoms with Crippen LogP contribution < -0.4 is 5.32 Å². The first-order valence-corrected chi connectivity index (χ1v) is 5.57. The van der Waals surface area contributed by atoms with Gasteiger partial charge in [0.1, 0.15) is 0 Å². The average molecular weight is 185 g/mol. The van der Waals surface area contributed by atoms with Gasteiger partial charge in [-0.1, -0.05) is 19.8 Å². The van der Waals surface area contributed by atoms with Crippen LogP contribution in [0.4, 0.5) is 0 Å². The van der Waals surface area contributed by atoms with E-state index in [1.165, 1.54) is 38.6 Å². The topological polar surface area (TPSA) is 21.3 Å². The predicted octanol–water partition coefficient (Wildman–Crippen LogP) is 2.19. The fourth-order valence-electron chi connectivity index (χ4n) is 2.05. The summed E-state index contributed by atoms with van der Waals surface area (Å²) in [6.45, 7) is 4.45. The summed E-state index contributed by atoms with van der Waals surface area (Å²) in [6.07, 6.45) is 6.70. The Balaban J connectivity index is 2.22. The van der Waals surface area contributed by atoms with Crippen LogP contribution in [-0.2, 0) is 4.74 Å². The van der Waals surface area contributed by atoms with Gasteiger partial charge in [0.05, 0.1) is 0 Å². The number of rotatable bonds is 4. The van der Waals surface area contributed by atoms with E-state index in [0.29, 0.717) is 0 Å². The van der Waals surface area contributed by atoms with Crippen LogP contribution in [0.3, 0.4) is 0 Å². The third kappa shape index (κ3) is 4.10. The number of hydrogen-bond acceptors (Lipinski definition) is 2. The van der Waals surface area contributed by atoms with Gasteiger partial charge in [-0.3, -0.25) is 0 Å². The molecule has 1 heterocycles. The molecule has 2 heteroatoms. The zero-order chi connectivity index (χ0) is 9.52. The molecule has 2 nitrogen and oxygen atoms in total. The maximum atomic E-state index is 5.11. The third-order valence-corrected chi connectivity index (χ3v) is 3.06. The lowest BCUT2D eigenvalue weighted by atomic mass is 9.95. The van der Waals surface area contributed by atoms with E-state index in [2.05, 4.69) is 12.2 Å². The second-order valence-corrected chi connectivity index (χ2v) is 4.17. The molecule has 0 radical (unpaired) electrons. The lowest BCUT2D eigenvalue weighted by Crippen LogP contribution is -2.34. The van der Waals surface area contributed by atoms with Gasteiger partial charge in [0.2, 0.25) is 0 Å². The molecule has 1 aliphatic rings. The normalized spacial score (nSPS) is 26.8. The molecule has 0 saturated carbocycles. The van der Waals surface area contributed by atoms with Gasteiger partial charge in [0.25, 0.3) is 0 Å². The highest BCUT2D eigenvalue weighted by Crippen LogP contribution is 2.17. The summed E-state index contributed by atoms with van der Waals surface area (Å²) >= 11 is 0. The van der Waals surface area contributed by atoms with Crippen molar-refractivity contribution in [2.24, 2.45) is 5.92 Å². The highest BCUT2D eigenvalue weighted by atomic mass is 16.5. The van der Waals surface area contributed by atoms with Crippen molar-refractivity contribution in [1.29, 1.82) is 0 Å². The Morgan fingerprint density at radius 3 is 3.00 bits per heavy atom. The van der Waals surface area contributed by atoms with Crippen molar-refractivity contribution < 1.29 is 4.74 Å². The second-order valence-electron chi connectivity index (χ2n) is 4.17. The molecule has 2 atom stereocenters. The first-order valence-electron chi connectivity index (χ1n) is 5.57. The Kier molecular flexibility index (Phi) is 5.40. The molecule has 0 amide bonds. The molecule has 2 unspecified atom stereocenters. The zero-order valence-electron chi connectivity index (χ0n) is 9.01. The minimum atomic E-state index is 0.734. The largest absolute Gasteiger partial charge is 0.385 e. The number of methoxy groups -OCH3 is 1. The van der Waals surface area contributed by atoms with Crippen molar-refractivity contribution in [3.05, 3.63) is 0 Å². The summed E-state index contributed by atoms with van der Waals surface area (Å²) in [5.74, 6) is 0.762. The number of nitrogens with one attached hydrogen (secondary N) is 1. The minimum absolute atomic E-state index is 0.734. The van der Waals surface area contributed by atoms with Crippen LogP contribution in [0.1, 0.15) is 39.0 Å². The molecule has 78 valence electrons. The van der Waals surface area contributed by atoms with E-state index in [-0.39, 0.29) is 0 Å². The van der Waals surface area contributed by atoms with Gasteiger partial charge in [-0.2, -0.15) is 0 Å². The Morgan fingerprint density at radius 1 is 1.38 bits per heavy atom. The first kappa shape index (κ1) is 11.0. The van der Waals surface area contributed by atoms with E-state index in [9.17, 15) is 0 Å². The fourth-order valence-corrected chi connectivity index (χ4v) is 2.05. The molecule has 0 bridgehead atoms. The van der Waals surface area contributed by atoms with Crippen LogP contribution >= 0.6 is 0 Å². The molecule has 1 saturated heterocycles. The van der Waals surface area contributed by atoms with E-state index in [1.54, 1.807) is 7.11 Å². The first-order chi connectivity index (χ1) is 6.34. The molecule has 1 aliphatic heterocycles. The summed E-state index contributed by atoms with van der Waals surface area (Å²) < 4.78 is 5.11. The van der Waals surface area contributed by atoms with Crippen LogP contribution in [0.2, 0.25) is 0 Å². The Labute approximate surface area is 82.0 Å². The molecule has 0 aliphatic carbocycles. The highest BCUT2D eigenvalue weighted by Gasteiger charge is 2.17. The van der Waals surface area contributed by atoms with Crippen LogP contribution in [-0.4, -0.2) is 26.3 Å². The van der Waals surface area contributed by atoms with Gasteiger partial charge in [-0.15, -0.1) is 0 Å². The van der Waals surface area contributed by atoms with E-state index >= 15 is 0 Å². The second kappa shape index (κ2) is 6.39. The molecule has 0 aromatic rings. The van der Waals surface area contributed by atoms with Gasteiger partial charge >= 0.3 is 0 Å². The molecule has 1 rings (SSSR count). The molecule has 13 heavy (non-hydrogen) atoms. The van der Waals surface area contributed by atoms with Gasteiger partial charge in [0, 0.05) is 19.8 Å². The maximum absolute atomic E-state index is 5.11. The molecule has 0 aromatic carbocycles. The van der Waals surface area contributed by atoms with Crippen molar-refractivity contribution in [3.63, 3.8) is 0 Å². The van der Waals surface area contributed by atoms with Gasteiger partial charge in [-0.25, -0.2) is 0 Å². The van der Waals surface area contributed by atoms with Crippen molar-refractivity contribution >= 4 is 0 Å². The van der Waals surface area contributed by atoms with E-state index < -0.39 is 0 Å². The molecule has 1 fully saturated rings. The quantitative estimate of drug-likeness (QED) is 0.725. The number of ether oxygens (including phenoxy) is 1. The summed E-state index contributed by atoms with van der Waals surface area (Å²) in [4.78, 5) is 0. The molecule has 0 spiro atoms. The predicted molar refractivity (Wildman–Crippen MR) is 55.9 cm³/mol. The maximum Gasteiger partial charge on any atom is 0.0465 e. The summed E-state index contributed by atoms with van der Waals surface area (Å²) in [6, 6.07) is 0.734. The van der Waals surface area contributed by atoms with Gasteiger partial charge in [0.15, 0.2) is 0 Å². The molecular formula is C11H23NO. The minimum Gasteiger partial charge on any atom is -0.385 e. The van der Waals surface area contributed by atoms with E-state index in [0.717, 1.165) is 18.6 Å². The van der Waals surface area contributed by atoms with E-state index in [4.69, 9.17) is 4.74 Å². The summed E-state index contributed by atoms with van der Waals surface area (Å²) in [7, 11) is 1.78. The van der Waals surface area contributed by atoms with Crippen LogP contribution in [0.25, 0.3) is 0 Å². The van der Waals surface area contributed by atoms with Crippen molar-refractivity contribution in [2.45, 2.75) is 45.1 Å². The van der Waals surface area contributed by atoms with Gasteiger partial charge < -0.3 is 10.1 Å². The van der Waals surface area contributed by atoms with Crippen LogP contribution in [0.15, 0.2) is 0 Å². The zero-order valence-corrected chi connectivity index (χ0v) is 9.01. The average Bonchev–Trinajstić information content (AvgIpc) is 2.42.